The van der Waals surface area contributed by atoms with Crippen LogP contribution >= 0.6 is 0 Å². The Bertz CT molecular complexity index is 528. The van der Waals surface area contributed by atoms with Gasteiger partial charge in [0.1, 0.15) is 11.4 Å². The van der Waals surface area contributed by atoms with Crippen LogP contribution in [0.4, 0.5) is 0 Å². The standard InChI is InChI=1S/C15H22N4/c1-5-15(2,3)16-11-13-14(18-19(4)17-13)12-9-7-6-8-10-12/h6-10,16H,5,11H2,1-4H3. The molecular formula is C15H22N4. The molecule has 0 unspecified atom stereocenters. The third kappa shape index (κ3) is 3.41. The fraction of sp³-hybridized carbons (Fsp3) is 0.467. The zero-order valence-electron chi connectivity index (χ0n) is 12.1. The second-order valence-corrected chi connectivity index (χ2v) is 5.44. The fourth-order valence-corrected chi connectivity index (χ4v) is 1.83. The van der Waals surface area contributed by atoms with E-state index in [2.05, 4.69) is 48.4 Å². The molecule has 0 amide bonds. The van der Waals surface area contributed by atoms with Gasteiger partial charge in [-0.3, -0.25) is 0 Å². The molecule has 0 spiro atoms. The molecule has 0 radical (unpaired) electrons. The van der Waals surface area contributed by atoms with Crippen molar-refractivity contribution in [3.8, 4) is 11.3 Å². The van der Waals surface area contributed by atoms with Gasteiger partial charge in [0.05, 0.1) is 0 Å². The maximum atomic E-state index is 4.47. The first kappa shape index (κ1) is 13.7. The number of hydrogen-bond acceptors (Lipinski definition) is 3. The average Bonchev–Trinajstić information content (AvgIpc) is 2.79. The van der Waals surface area contributed by atoms with Crippen LogP contribution in [0.3, 0.4) is 0 Å². The van der Waals surface area contributed by atoms with Crippen molar-refractivity contribution >= 4 is 0 Å². The van der Waals surface area contributed by atoms with Gasteiger partial charge >= 0.3 is 0 Å². The first-order valence-corrected chi connectivity index (χ1v) is 6.72. The van der Waals surface area contributed by atoms with Crippen molar-refractivity contribution in [1.82, 2.24) is 20.3 Å². The summed E-state index contributed by atoms with van der Waals surface area (Å²) in [5, 5.41) is 12.5. The number of nitrogens with zero attached hydrogens (tertiary/aromatic N) is 3. The van der Waals surface area contributed by atoms with Crippen LogP contribution in [0.25, 0.3) is 11.3 Å². The van der Waals surface area contributed by atoms with E-state index in [0.717, 1.165) is 29.9 Å². The summed E-state index contributed by atoms with van der Waals surface area (Å²) in [6.07, 6.45) is 1.08. The summed E-state index contributed by atoms with van der Waals surface area (Å²) < 4.78 is 0. The average molecular weight is 258 g/mol. The predicted molar refractivity (Wildman–Crippen MR) is 77.6 cm³/mol. The zero-order valence-corrected chi connectivity index (χ0v) is 12.1. The molecule has 0 aliphatic carbocycles. The molecule has 19 heavy (non-hydrogen) atoms. The number of nitrogens with one attached hydrogen (secondary N) is 1. The third-order valence-corrected chi connectivity index (χ3v) is 3.45. The van der Waals surface area contributed by atoms with Crippen LogP contribution in [0.15, 0.2) is 30.3 Å². The Morgan fingerprint density at radius 3 is 2.47 bits per heavy atom. The van der Waals surface area contributed by atoms with Gasteiger partial charge in [-0.2, -0.15) is 15.0 Å². The Morgan fingerprint density at radius 2 is 1.84 bits per heavy atom. The first-order valence-electron chi connectivity index (χ1n) is 6.72. The van der Waals surface area contributed by atoms with Crippen molar-refractivity contribution in [1.29, 1.82) is 0 Å². The maximum Gasteiger partial charge on any atom is 0.117 e. The highest BCUT2D eigenvalue weighted by molar-refractivity contribution is 5.60. The summed E-state index contributed by atoms with van der Waals surface area (Å²) >= 11 is 0. The number of benzene rings is 1. The lowest BCUT2D eigenvalue weighted by molar-refractivity contribution is 0.371. The smallest absolute Gasteiger partial charge is 0.117 e. The van der Waals surface area contributed by atoms with E-state index >= 15 is 0 Å². The monoisotopic (exact) mass is 258 g/mol. The van der Waals surface area contributed by atoms with Gasteiger partial charge in [0.15, 0.2) is 0 Å². The molecule has 1 aromatic carbocycles. The van der Waals surface area contributed by atoms with Crippen molar-refractivity contribution in [2.24, 2.45) is 7.05 Å². The summed E-state index contributed by atoms with van der Waals surface area (Å²) in [7, 11) is 1.86. The number of rotatable bonds is 5. The normalized spacial score (nSPS) is 11.8. The van der Waals surface area contributed by atoms with E-state index in [1.54, 1.807) is 4.80 Å². The molecule has 4 heteroatoms. The number of aryl methyl sites for hydroxylation is 1. The highest BCUT2D eigenvalue weighted by Gasteiger charge is 2.17. The van der Waals surface area contributed by atoms with Gasteiger partial charge in [0, 0.05) is 24.7 Å². The third-order valence-electron chi connectivity index (χ3n) is 3.45. The van der Waals surface area contributed by atoms with Crippen LogP contribution in [0.1, 0.15) is 32.9 Å². The highest BCUT2D eigenvalue weighted by Crippen LogP contribution is 2.20. The molecule has 102 valence electrons. The van der Waals surface area contributed by atoms with Gasteiger partial charge in [-0.15, -0.1) is 0 Å². The molecule has 2 rings (SSSR count). The second kappa shape index (κ2) is 5.53. The van der Waals surface area contributed by atoms with E-state index in [-0.39, 0.29) is 5.54 Å². The van der Waals surface area contributed by atoms with Gasteiger partial charge in [-0.25, -0.2) is 0 Å². The molecule has 0 bridgehead atoms. The van der Waals surface area contributed by atoms with Crippen molar-refractivity contribution in [3.63, 3.8) is 0 Å². The molecule has 0 aliphatic heterocycles. The van der Waals surface area contributed by atoms with Crippen LogP contribution in [0.5, 0.6) is 0 Å². The minimum absolute atomic E-state index is 0.117. The summed E-state index contributed by atoms with van der Waals surface area (Å²) in [5.41, 5.74) is 3.19. The quantitative estimate of drug-likeness (QED) is 0.896. The highest BCUT2D eigenvalue weighted by atomic mass is 15.5. The van der Waals surface area contributed by atoms with Gasteiger partial charge in [0.25, 0.3) is 0 Å². The summed E-state index contributed by atoms with van der Waals surface area (Å²) in [6.45, 7) is 7.32. The Morgan fingerprint density at radius 1 is 1.16 bits per heavy atom. The molecule has 0 saturated carbocycles. The van der Waals surface area contributed by atoms with Crippen LogP contribution in [-0.4, -0.2) is 20.5 Å². The van der Waals surface area contributed by atoms with Crippen LogP contribution < -0.4 is 5.32 Å². The zero-order chi connectivity index (χ0) is 13.9. The SMILES string of the molecule is CCC(C)(C)NCc1nn(C)nc1-c1ccccc1. The molecule has 0 fully saturated rings. The first-order chi connectivity index (χ1) is 9.02. The molecule has 1 aromatic heterocycles. The molecule has 0 atom stereocenters. The van der Waals surface area contributed by atoms with E-state index in [4.69, 9.17) is 0 Å². The van der Waals surface area contributed by atoms with E-state index in [9.17, 15) is 0 Å². The number of aromatic nitrogens is 3. The Kier molecular flexibility index (Phi) is 4.00. The minimum atomic E-state index is 0.117. The van der Waals surface area contributed by atoms with Crippen molar-refractivity contribution in [2.45, 2.75) is 39.3 Å². The van der Waals surface area contributed by atoms with Gasteiger partial charge in [-0.05, 0) is 20.3 Å². The lowest BCUT2D eigenvalue weighted by atomic mass is 10.0. The summed E-state index contributed by atoms with van der Waals surface area (Å²) in [6, 6.07) is 10.2. The lowest BCUT2D eigenvalue weighted by Crippen LogP contribution is -2.38. The molecule has 0 aliphatic rings. The summed E-state index contributed by atoms with van der Waals surface area (Å²) in [5.74, 6) is 0. The van der Waals surface area contributed by atoms with Crippen LogP contribution in [0.2, 0.25) is 0 Å². The largest absolute Gasteiger partial charge is 0.306 e. The lowest BCUT2D eigenvalue weighted by Gasteiger charge is -2.24. The topological polar surface area (TPSA) is 42.7 Å². The molecular weight excluding hydrogens is 236 g/mol. The Hall–Kier alpha value is -1.68. The van der Waals surface area contributed by atoms with E-state index in [1.165, 1.54) is 0 Å². The van der Waals surface area contributed by atoms with Crippen molar-refractivity contribution in [2.75, 3.05) is 0 Å². The van der Waals surface area contributed by atoms with Crippen LogP contribution in [0, 0.1) is 0 Å². The van der Waals surface area contributed by atoms with Gasteiger partial charge in [0.2, 0.25) is 0 Å². The fourth-order valence-electron chi connectivity index (χ4n) is 1.83. The molecule has 4 nitrogen and oxygen atoms in total. The van der Waals surface area contributed by atoms with E-state index in [1.807, 2.05) is 25.2 Å². The molecule has 2 aromatic rings. The second-order valence-electron chi connectivity index (χ2n) is 5.44. The molecule has 1 heterocycles. The van der Waals surface area contributed by atoms with E-state index in [0.29, 0.717) is 0 Å². The minimum Gasteiger partial charge on any atom is -0.306 e. The van der Waals surface area contributed by atoms with Crippen LogP contribution in [-0.2, 0) is 13.6 Å². The summed E-state index contributed by atoms with van der Waals surface area (Å²) in [4.78, 5) is 1.64. The van der Waals surface area contributed by atoms with Gasteiger partial charge < -0.3 is 5.32 Å². The molecule has 0 saturated heterocycles. The number of hydrogen-bond donors (Lipinski definition) is 1. The maximum absolute atomic E-state index is 4.47. The van der Waals surface area contributed by atoms with Crippen molar-refractivity contribution in [3.05, 3.63) is 36.0 Å². The Balaban J connectivity index is 2.22. The van der Waals surface area contributed by atoms with Gasteiger partial charge in [-0.1, -0.05) is 37.3 Å². The predicted octanol–water partition coefficient (Wildman–Crippen LogP) is 2.76. The van der Waals surface area contributed by atoms with E-state index < -0.39 is 0 Å². The molecule has 1 N–H and O–H groups in total. The Labute approximate surface area is 114 Å². The van der Waals surface area contributed by atoms with Crippen molar-refractivity contribution < 1.29 is 0 Å².